The van der Waals surface area contributed by atoms with Crippen molar-refractivity contribution in [2.75, 3.05) is 19.6 Å². The third-order valence-corrected chi connectivity index (χ3v) is 2.51. The molecule has 0 saturated carbocycles. The van der Waals surface area contributed by atoms with Crippen molar-refractivity contribution < 1.29 is 0 Å². The van der Waals surface area contributed by atoms with Gasteiger partial charge in [0.05, 0.1) is 5.54 Å². The zero-order valence-corrected chi connectivity index (χ0v) is 8.22. The van der Waals surface area contributed by atoms with Gasteiger partial charge in [0.2, 0.25) is 0 Å². The smallest absolute Gasteiger partial charge is 0.0767 e. The summed E-state index contributed by atoms with van der Waals surface area (Å²) in [5.74, 6) is 2.83. The van der Waals surface area contributed by atoms with Gasteiger partial charge in [-0.05, 0) is 20.8 Å². The van der Waals surface area contributed by atoms with E-state index in [4.69, 9.17) is 6.42 Å². The summed E-state index contributed by atoms with van der Waals surface area (Å²) in [5.41, 5.74) is -0.0869. The molecule has 1 heterocycles. The number of hydrogen-bond donors (Lipinski definition) is 1. The Kier molecular flexibility index (Phi) is 2.76. The van der Waals surface area contributed by atoms with E-state index in [-0.39, 0.29) is 5.54 Å². The SMILES string of the molecule is C#CC(C)(C)N1CCNC(C)C1. The van der Waals surface area contributed by atoms with E-state index in [1.165, 1.54) is 0 Å². The zero-order valence-electron chi connectivity index (χ0n) is 8.22. The summed E-state index contributed by atoms with van der Waals surface area (Å²) in [6, 6.07) is 0.561. The van der Waals surface area contributed by atoms with Gasteiger partial charge >= 0.3 is 0 Å². The molecule has 1 saturated heterocycles. The minimum absolute atomic E-state index is 0.0869. The Morgan fingerprint density at radius 2 is 2.25 bits per heavy atom. The van der Waals surface area contributed by atoms with E-state index >= 15 is 0 Å². The number of nitrogens with zero attached hydrogens (tertiary/aromatic N) is 1. The van der Waals surface area contributed by atoms with Gasteiger partial charge in [-0.25, -0.2) is 0 Å². The standard InChI is InChI=1S/C10H18N2/c1-5-10(3,4)12-7-6-11-9(2)8-12/h1,9,11H,6-8H2,2-4H3. The molecule has 0 amide bonds. The van der Waals surface area contributed by atoms with Crippen LogP contribution in [-0.4, -0.2) is 36.1 Å². The van der Waals surface area contributed by atoms with Gasteiger partial charge in [-0.1, -0.05) is 5.92 Å². The molecule has 0 aliphatic carbocycles. The van der Waals surface area contributed by atoms with Crippen LogP contribution in [-0.2, 0) is 0 Å². The maximum absolute atomic E-state index is 5.47. The first-order valence-electron chi connectivity index (χ1n) is 4.52. The maximum atomic E-state index is 5.47. The fourth-order valence-electron chi connectivity index (χ4n) is 1.53. The Morgan fingerprint density at radius 3 is 2.75 bits per heavy atom. The molecule has 0 spiro atoms. The fraction of sp³-hybridized carbons (Fsp3) is 0.800. The summed E-state index contributed by atoms with van der Waals surface area (Å²) in [7, 11) is 0. The lowest BCUT2D eigenvalue weighted by atomic mass is 10.0. The molecule has 0 aromatic heterocycles. The largest absolute Gasteiger partial charge is 0.312 e. The highest BCUT2D eigenvalue weighted by Crippen LogP contribution is 2.14. The van der Waals surface area contributed by atoms with Crippen molar-refractivity contribution in [2.45, 2.75) is 32.4 Å². The Hall–Kier alpha value is -0.520. The molecule has 68 valence electrons. The molecule has 1 unspecified atom stereocenters. The van der Waals surface area contributed by atoms with Crippen LogP contribution in [0, 0.1) is 12.3 Å². The second kappa shape index (κ2) is 3.47. The van der Waals surface area contributed by atoms with Gasteiger partial charge in [-0.2, -0.15) is 0 Å². The van der Waals surface area contributed by atoms with Crippen molar-refractivity contribution >= 4 is 0 Å². The molecule has 1 rings (SSSR count). The lowest BCUT2D eigenvalue weighted by molar-refractivity contribution is 0.127. The lowest BCUT2D eigenvalue weighted by Crippen LogP contribution is -2.56. The van der Waals surface area contributed by atoms with Gasteiger partial charge < -0.3 is 5.32 Å². The van der Waals surface area contributed by atoms with Crippen molar-refractivity contribution in [2.24, 2.45) is 0 Å². The highest BCUT2D eigenvalue weighted by atomic mass is 15.2. The molecule has 1 atom stereocenters. The molecule has 1 fully saturated rings. The minimum Gasteiger partial charge on any atom is -0.312 e. The molecule has 1 aliphatic rings. The van der Waals surface area contributed by atoms with Crippen LogP contribution in [0.3, 0.4) is 0 Å². The van der Waals surface area contributed by atoms with Crippen molar-refractivity contribution in [3.05, 3.63) is 0 Å². The molecule has 12 heavy (non-hydrogen) atoms. The third kappa shape index (κ3) is 2.00. The third-order valence-electron chi connectivity index (χ3n) is 2.51. The summed E-state index contributed by atoms with van der Waals surface area (Å²) in [6.07, 6.45) is 5.47. The van der Waals surface area contributed by atoms with Gasteiger partial charge in [0.1, 0.15) is 0 Å². The van der Waals surface area contributed by atoms with E-state index in [9.17, 15) is 0 Å². The number of terminal acetylenes is 1. The van der Waals surface area contributed by atoms with Crippen molar-refractivity contribution in [1.29, 1.82) is 0 Å². The number of nitrogens with one attached hydrogen (secondary N) is 1. The van der Waals surface area contributed by atoms with Crippen LogP contribution >= 0.6 is 0 Å². The van der Waals surface area contributed by atoms with E-state index < -0.39 is 0 Å². The second-order valence-corrected chi connectivity index (χ2v) is 4.00. The van der Waals surface area contributed by atoms with Crippen LogP contribution in [0.15, 0.2) is 0 Å². The number of hydrogen-bond acceptors (Lipinski definition) is 2. The van der Waals surface area contributed by atoms with Gasteiger partial charge in [0, 0.05) is 25.7 Å². The van der Waals surface area contributed by atoms with Crippen LogP contribution in [0.4, 0.5) is 0 Å². The molecule has 1 aliphatic heterocycles. The Morgan fingerprint density at radius 1 is 1.58 bits per heavy atom. The van der Waals surface area contributed by atoms with Crippen LogP contribution in [0.2, 0.25) is 0 Å². The average Bonchev–Trinajstić information content (AvgIpc) is 2.05. The summed E-state index contributed by atoms with van der Waals surface area (Å²) in [6.45, 7) is 9.56. The summed E-state index contributed by atoms with van der Waals surface area (Å²) in [5, 5.41) is 3.40. The summed E-state index contributed by atoms with van der Waals surface area (Å²) < 4.78 is 0. The van der Waals surface area contributed by atoms with Crippen LogP contribution in [0.25, 0.3) is 0 Å². The van der Waals surface area contributed by atoms with Crippen molar-refractivity contribution in [3.8, 4) is 12.3 Å². The average molecular weight is 166 g/mol. The predicted octanol–water partition coefficient (Wildman–Crippen LogP) is 0.692. The normalized spacial score (nSPS) is 26.7. The Balaban J connectivity index is 2.58. The molecular formula is C10H18N2. The molecule has 1 N–H and O–H groups in total. The number of rotatable bonds is 1. The van der Waals surface area contributed by atoms with E-state index in [1.807, 2.05) is 0 Å². The summed E-state index contributed by atoms with van der Waals surface area (Å²) >= 11 is 0. The molecule has 0 radical (unpaired) electrons. The molecular weight excluding hydrogens is 148 g/mol. The predicted molar refractivity (Wildman–Crippen MR) is 51.9 cm³/mol. The van der Waals surface area contributed by atoms with E-state index in [0.717, 1.165) is 19.6 Å². The van der Waals surface area contributed by atoms with Gasteiger partial charge in [-0.3, -0.25) is 4.90 Å². The highest BCUT2D eigenvalue weighted by Gasteiger charge is 2.27. The van der Waals surface area contributed by atoms with E-state index in [0.29, 0.717) is 6.04 Å². The van der Waals surface area contributed by atoms with Crippen LogP contribution in [0.1, 0.15) is 20.8 Å². The van der Waals surface area contributed by atoms with Gasteiger partial charge in [0.15, 0.2) is 0 Å². The topological polar surface area (TPSA) is 15.3 Å². The van der Waals surface area contributed by atoms with Crippen LogP contribution < -0.4 is 5.32 Å². The van der Waals surface area contributed by atoms with Gasteiger partial charge in [0.25, 0.3) is 0 Å². The lowest BCUT2D eigenvalue weighted by Gasteiger charge is -2.40. The number of piperazine rings is 1. The van der Waals surface area contributed by atoms with Crippen molar-refractivity contribution in [3.63, 3.8) is 0 Å². The second-order valence-electron chi connectivity index (χ2n) is 4.00. The Labute approximate surface area is 75.3 Å². The first-order chi connectivity index (χ1) is 5.56. The monoisotopic (exact) mass is 166 g/mol. The fourth-order valence-corrected chi connectivity index (χ4v) is 1.53. The summed E-state index contributed by atoms with van der Waals surface area (Å²) in [4.78, 5) is 2.36. The first kappa shape index (κ1) is 9.57. The molecule has 2 heteroatoms. The van der Waals surface area contributed by atoms with Crippen molar-refractivity contribution in [1.82, 2.24) is 10.2 Å². The first-order valence-corrected chi connectivity index (χ1v) is 4.52. The van der Waals surface area contributed by atoms with E-state index in [1.54, 1.807) is 0 Å². The molecule has 2 nitrogen and oxygen atoms in total. The van der Waals surface area contributed by atoms with E-state index in [2.05, 4.69) is 36.9 Å². The molecule has 0 aromatic carbocycles. The Bertz CT molecular complexity index is 191. The zero-order chi connectivity index (χ0) is 9.19. The highest BCUT2D eigenvalue weighted by molar-refractivity contribution is 5.09. The van der Waals surface area contributed by atoms with Crippen LogP contribution in [0.5, 0.6) is 0 Å². The minimum atomic E-state index is -0.0869. The molecule has 0 bridgehead atoms. The quantitative estimate of drug-likeness (QED) is 0.577. The molecule has 0 aromatic rings. The van der Waals surface area contributed by atoms with Gasteiger partial charge in [-0.15, -0.1) is 6.42 Å². The maximum Gasteiger partial charge on any atom is 0.0767 e.